The van der Waals surface area contributed by atoms with Gasteiger partial charge in [0.2, 0.25) is 0 Å². The topological polar surface area (TPSA) is 37.8 Å². The first-order valence-corrected chi connectivity index (χ1v) is 5.47. The van der Waals surface area contributed by atoms with Crippen molar-refractivity contribution in [3.05, 3.63) is 58.9 Å². The van der Waals surface area contributed by atoms with Crippen molar-refractivity contribution in [3.63, 3.8) is 0 Å². The molecule has 1 aromatic carbocycles. The summed E-state index contributed by atoms with van der Waals surface area (Å²) in [6.07, 6.45) is 4.89. The van der Waals surface area contributed by atoms with Crippen molar-refractivity contribution in [2.45, 2.75) is 6.04 Å². The monoisotopic (exact) mass is 251 g/mol. The summed E-state index contributed by atoms with van der Waals surface area (Å²) >= 11 is 5.77. The third-order valence-corrected chi connectivity index (χ3v) is 2.77. The molecular formula is C12H11ClFN3. The van der Waals surface area contributed by atoms with E-state index < -0.39 is 5.82 Å². The molecule has 1 heterocycles. The molecule has 5 heteroatoms. The molecule has 0 amide bonds. The Balaban J connectivity index is 2.39. The zero-order valence-corrected chi connectivity index (χ0v) is 9.95. The number of benzene rings is 1. The molecule has 17 heavy (non-hydrogen) atoms. The Kier molecular flexibility index (Phi) is 3.66. The maximum atomic E-state index is 13.1. The van der Waals surface area contributed by atoms with Crippen LogP contribution >= 0.6 is 11.6 Å². The first-order valence-electron chi connectivity index (χ1n) is 5.09. The van der Waals surface area contributed by atoms with Crippen LogP contribution in [0.5, 0.6) is 0 Å². The summed E-state index contributed by atoms with van der Waals surface area (Å²) in [6.45, 7) is 0. The zero-order valence-electron chi connectivity index (χ0n) is 9.19. The number of nitrogens with zero attached hydrogens (tertiary/aromatic N) is 2. The normalized spacial score (nSPS) is 12.4. The summed E-state index contributed by atoms with van der Waals surface area (Å²) in [5, 5.41) is 3.23. The van der Waals surface area contributed by atoms with Crippen molar-refractivity contribution in [2.24, 2.45) is 0 Å². The summed E-state index contributed by atoms with van der Waals surface area (Å²) in [5.74, 6) is -0.422. The van der Waals surface area contributed by atoms with E-state index in [0.717, 1.165) is 11.1 Å². The Morgan fingerprint density at radius 3 is 2.53 bits per heavy atom. The molecule has 0 spiro atoms. The minimum Gasteiger partial charge on any atom is -0.309 e. The maximum Gasteiger partial charge on any atom is 0.141 e. The van der Waals surface area contributed by atoms with Gasteiger partial charge in [-0.15, -0.1) is 0 Å². The van der Waals surface area contributed by atoms with Crippen LogP contribution in [0.3, 0.4) is 0 Å². The van der Waals surface area contributed by atoms with Crippen LogP contribution in [0.25, 0.3) is 0 Å². The molecule has 88 valence electrons. The van der Waals surface area contributed by atoms with E-state index in [1.807, 2.05) is 7.05 Å². The molecule has 2 aromatic rings. The van der Waals surface area contributed by atoms with Crippen LogP contribution in [0.15, 0.2) is 36.9 Å². The lowest BCUT2D eigenvalue weighted by Gasteiger charge is -2.16. The highest BCUT2D eigenvalue weighted by molar-refractivity contribution is 6.30. The van der Waals surface area contributed by atoms with Gasteiger partial charge < -0.3 is 5.32 Å². The van der Waals surface area contributed by atoms with Gasteiger partial charge in [-0.25, -0.2) is 14.4 Å². The van der Waals surface area contributed by atoms with Crippen molar-refractivity contribution < 1.29 is 4.39 Å². The molecule has 2 rings (SSSR count). The van der Waals surface area contributed by atoms with Crippen LogP contribution in [0.4, 0.5) is 4.39 Å². The second-order valence-corrected chi connectivity index (χ2v) is 3.97. The van der Waals surface area contributed by atoms with Crippen LogP contribution in [-0.2, 0) is 0 Å². The quantitative estimate of drug-likeness (QED) is 0.911. The molecule has 0 aliphatic rings. The minimum atomic E-state index is -0.422. The van der Waals surface area contributed by atoms with Crippen LogP contribution in [-0.4, -0.2) is 17.0 Å². The number of rotatable bonds is 3. The molecule has 0 radical (unpaired) electrons. The molecular weight excluding hydrogens is 241 g/mol. The molecule has 0 bridgehead atoms. The van der Waals surface area contributed by atoms with Gasteiger partial charge >= 0.3 is 0 Å². The SMILES string of the molecule is CNC(c1cncnc1)c1ccc(F)c(Cl)c1. The molecule has 0 saturated carbocycles. The lowest BCUT2D eigenvalue weighted by atomic mass is 10.0. The van der Waals surface area contributed by atoms with E-state index in [1.54, 1.807) is 24.5 Å². The van der Waals surface area contributed by atoms with E-state index in [-0.39, 0.29) is 11.1 Å². The van der Waals surface area contributed by atoms with Crippen molar-refractivity contribution in [3.8, 4) is 0 Å². The summed E-state index contributed by atoms with van der Waals surface area (Å²) in [5.41, 5.74) is 1.77. The Bertz CT molecular complexity index is 504. The second kappa shape index (κ2) is 5.21. The fourth-order valence-electron chi connectivity index (χ4n) is 1.68. The van der Waals surface area contributed by atoms with Gasteiger partial charge in [-0.3, -0.25) is 0 Å². The lowest BCUT2D eigenvalue weighted by Crippen LogP contribution is -2.18. The summed E-state index contributed by atoms with van der Waals surface area (Å²) in [7, 11) is 1.81. The largest absolute Gasteiger partial charge is 0.309 e. The summed E-state index contributed by atoms with van der Waals surface area (Å²) in [4.78, 5) is 7.92. The van der Waals surface area contributed by atoms with Crippen LogP contribution < -0.4 is 5.32 Å². The molecule has 0 saturated heterocycles. The molecule has 0 aliphatic heterocycles. The van der Waals surface area contributed by atoms with Crippen LogP contribution in [0, 0.1) is 5.82 Å². The van der Waals surface area contributed by atoms with E-state index >= 15 is 0 Å². The number of nitrogens with one attached hydrogen (secondary N) is 1. The van der Waals surface area contributed by atoms with Gasteiger partial charge in [0.15, 0.2) is 0 Å². The lowest BCUT2D eigenvalue weighted by molar-refractivity contribution is 0.623. The fourth-order valence-corrected chi connectivity index (χ4v) is 1.87. The molecule has 1 atom stereocenters. The highest BCUT2D eigenvalue weighted by Gasteiger charge is 2.13. The molecule has 3 nitrogen and oxygen atoms in total. The number of aromatic nitrogens is 2. The van der Waals surface area contributed by atoms with Crippen molar-refractivity contribution in [2.75, 3.05) is 7.05 Å². The van der Waals surface area contributed by atoms with Crippen molar-refractivity contribution in [1.82, 2.24) is 15.3 Å². The van der Waals surface area contributed by atoms with E-state index in [9.17, 15) is 4.39 Å². The Hall–Kier alpha value is -1.52. The van der Waals surface area contributed by atoms with Gasteiger partial charge in [0.25, 0.3) is 0 Å². The predicted octanol–water partition coefficient (Wildman–Crippen LogP) is 2.58. The molecule has 0 aliphatic carbocycles. The zero-order chi connectivity index (χ0) is 12.3. The first-order chi connectivity index (χ1) is 8.22. The highest BCUT2D eigenvalue weighted by atomic mass is 35.5. The van der Waals surface area contributed by atoms with E-state index in [0.29, 0.717) is 0 Å². The third-order valence-electron chi connectivity index (χ3n) is 2.48. The smallest absolute Gasteiger partial charge is 0.141 e. The Morgan fingerprint density at radius 1 is 1.24 bits per heavy atom. The highest BCUT2D eigenvalue weighted by Crippen LogP contribution is 2.24. The standard InChI is InChI=1S/C12H11ClFN3/c1-15-12(9-5-16-7-17-6-9)8-2-3-11(14)10(13)4-8/h2-7,12,15H,1H3. The van der Waals surface area contributed by atoms with Gasteiger partial charge in [0.05, 0.1) is 11.1 Å². The Morgan fingerprint density at radius 2 is 1.94 bits per heavy atom. The number of hydrogen-bond donors (Lipinski definition) is 1. The van der Waals surface area contributed by atoms with Gasteiger partial charge in [-0.1, -0.05) is 17.7 Å². The third kappa shape index (κ3) is 2.60. The Labute approximate surface area is 104 Å². The van der Waals surface area contributed by atoms with E-state index in [4.69, 9.17) is 11.6 Å². The van der Waals surface area contributed by atoms with Crippen LogP contribution in [0.1, 0.15) is 17.2 Å². The van der Waals surface area contributed by atoms with Crippen LogP contribution in [0.2, 0.25) is 5.02 Å². The van der Waals surface area contributed by atoms with Gasteiger partial charge in [-0.05, 0) is 24.7 Å². The predicted molar refractivity (Wildman–Crippen MR) is 64.3 cm³/mol. The van der Waals surface area contributed by atoms with Crippen molar-refractivity contribution in [1.29, 1.82) is 0 Å². The second-order valence-electron chi connectivity index (χ2n) is 3.57. The van der Waals surface area contributed by atoms with Crippen molar-refractivity contribution >= 4 is 11.6 Å². The van der Waals surface area contributed by atoms with Gasteiger partial charge in [0, 0.05) is 18.0 Å². The van der Waals surface area contributed by atoms with Gasteiger partial charge in [0.1, 0.15) is 12.1 Å². The average molecular weight is 252 g/mol. The molecule has 1 N–H and O–H groups in total. The molecule has 0 fully saturated rings. The molecule has 1 aromatic heterocycles. The maximum absolute atomic E-state index is 13.1. The minimum absolute atomic E-state index is 0.103. The average Bonchev–Trinajstić information content (AvgIpc) is 2.36. The summed E-state index contributed by atoms with van der Waals surface area (Å²) < 4.78 is 13.1. The first kappa shape index (κ1) is 12.0. The summed E-state index contributed by atoms with van der Waals surface area (Å²) in [6, 6.07) is 4.54. The number of hydrogen-bond acceptors (Lipinski definition) is 3. The van der Waals surface area contributed by atoms with Gasteiger partial charge in [-0.2, -0.15) is 0 Å². The van der Waals surface area contributed by atoms with E-state index in [2.05, 4.69) is 15.3 Å². The van der Waals surface area contributed by atoms with E-state index in [1.165, 1.54) is 12.4 Å². The number of halogens is 2. The molecule has 1 unspecified atom stereocenters. The fraction of sp³-hybridized carbons (Fsp3) is 0.167.